The molecule has 0 aromatic heterocycles. The van der Waals surface area contributed by atoms with Gasteiger partial charge in [-0.1, -0.05) is 0 Å². The van der Waals surface area contributed by atoms with E-state index in [0.717, 1.165) is 18.2 Å². The van der Waals surface area contributed by atoms with Crippen LogP contribution in [0, 0.1) is 17.6 Å². The van der Waals surface area contributed by atoms with Crippen LogP contribution in [-0.4, -0.2) is 23.5 Å². The molecule has 19 heavy (non-hydrogen) atoms. The molecule has 2 rings (SSSR count). The number of aliphatic carboxylic acids is 1. The van der Waals surface area contributed by atoms with Gasteiger partial charge in [-0.3, -0.25) is 9.59 Å². The third kappa shape index (κ3) is 3.27. The number of benzene rings is 1. The van der Waals surface area contributed by atoms with Crippen molar-refractivity contribution in [2.75, 3.05) is 6.54 Å². The fourth-order valence-corrected chi connectivity index (χ4v) is 2.05. The van der Waals surface area contributed by atoms with Crippen LogP contribution in [0.1, 0.15) is 24.3 Å². The normalized spacial score (nSPS) is 20.9. The predicted octanol–water partition coefficient (Wildman–Crippen LogP) is 1.66. The van der Waals surface area contributed by atoms with E-state index in [0.29, 0.717) is 6.42 Å². The van der Waals surface area contributed by atoms with E-state index in [-0.39, 0.29) is 30.4 Å². The predicted molar refractivity (Wildman–Crippen MR) is 62.5 cm³/mol. The van der Waals surface area contributed by atoms with Gasteiger partial charge in [0.2, 0.25) is 5.91 Å². The summed E-state index contributed by atoms with van der Waals surface area (Å²) in [5.41, 5.74) is 0.207. The topological polar surface area (TPSA) is 66.4 Å². The average molecular weight is 269 g/mol. The molecule has 1 aliphatic carbocycles. The fourth-order valence-electron chi connectivity index (χ4n) is 2.05. The van der Waals surface area contributed by atoms with E-state index >= 15 is 0 Å². The zero-order valence-corrected chi connectivity index (χ0v) is 10.0. The second-order valence-electron chi connectivity index (χ2n) is 4.55. The van der Waals surface area contributed by atoms with Gasteiger partial charge in [-0.05, 0) is 36.1 Å². The van der Waals surface area contributed by atoms with Gasteiger partial charge in [0.1, 0.15) is 11.6 Å². The number of hydrogen-bond acceptors (Lipinski definition) is 2. The van der Waals surface area contributed by atoms with Crippen molar-refractivity contribution in [1.82, 2.24) is 5.32 Å². The molecule has 1 aliphatic rings. The van der Waals surface area contributed by atoms with E-state index in [1.165, 1.54) is 0 Å². The zero-order chi connectivity index (χ0) is 14.0. The Morgan fingerprint density at radius 2 is 2.11 bits per heavy atom. The molecule has 1 fully saturated rings. The van der Waals surface area contributed by atoms with Crippen molar-refractivity contribution in [2.45, 2.75) is 18.8 Å². The smallest absolute Gasteiger partial charge is 0.305 e. The van der Waals surface area contributed by atoms with Crippen LogP contribution in [0.3, 0.4) is 0 Å². The summed E-state index contributed by atoms with van der Waals surface area (Å²) in [6.07, 6.45) is 0.302. The highest BCUT2D eigenvalue weighted by atomic mass is 19.1. The molecule has 2 atom stereocenters. The van der Waals surface area contributed by atoms with Gasteiger partial charge < -0.3 is 10.4 Å². The number of nitrogens with one attached hydrogen (secondary N) is 1. The standard InChI is InChI=1S/C13H13F2NO3/c14-7-1-2-11(15)9(5-7)8-6-10(8)13(19)16-4-3-12(17)18/h1-2,5,8,10H,3-4,6H2,(H,16,19)(H,17,18). The van der Waals surface area contributed by atoms with Gasteiger partial charge in [0.15, 0.2) is 0 Å². The number of carboxylic acid groups (broad SMARTS) is 1. The molecule has 0 saturated heterocycles. The number of rotatable bonds is 5. The third-order valence-corrected chi connectivity index (χ3v) is 3.12. The van der Waals surface area contributed by atoms with Crippen LogP contribution < -0.4 is 5.32 Å². The summed E-state index contributed by atoms with van der Waals surface area (Å²) >= 11 is 0. The number of carbonyl (C=O) groups excluding carboxylic acids is 1. The van der Waals surface area contributed by atoms with Crippen LogP contribution in [0.25, 0.3) is 0 Å². The quantitative estimate of drug-likeness (QED) is 0.854. The number of halogens is 2. The first-order valence-corrected chi connectivity index (χ1v) is 5.93. The third-order valence-electron chi connectivity index (χ3n) is 3.12. The van der Waals surface area contributed by atoms with Gasteiger partial charge in [0.25, 0.3) is 0 Å². The molecule has 1 amide bonds. The van der Waals surface area contributed by atoms with Crippen LogP contribution >= 0.6 is 0 Å². The van der Waals surface area contributed by atoms with E-state index < -0.39 is 23.5 Å². The lowest BCUT2D eigenvalue weighted by molar-refractivity contribution is -0.136. The monoisotopic (exact) mass is 269 g/mol. The van der Waals surface area contributed by atoms with Crippen LogP contribution in [0.15, 0.2) is 18.2 Å². The second-order valence-corrected chi connectivity index (χ2v) is 4.55. The van der Waals surface area contributed by atoms with Gasteiger partial charge in [0.05, 0.1) is 6.42 Å². The lowest BCUT2D eigenvalue weighted by Crippen LogP contribution is -2.27. The lowest BCUT2D eigenvalue weighted by atomic mass is 10.1. The molecule has 1 saturated carbocycles. The van der Waals surface area contributed by atoms with Gasteiger partial charge in [0, 0.05) is 12.5 Å². The minimum Gasteiger partial charge on any atom is -0.481 e. The molecular formula is C13H13F2NO3. The maximum atomic E-state index is 13.5. The van der Waals surface area contributed by atoms with E-state index in [4.69, 9.17) is 5.11 Å². The van der Waals surface area contributed by atoms with Crippen LogP contribution in [0.4, 0.5) is 8.78 Å². The molecule has 1 aromatic rings. The summed E-state index contributed by atoms with van der Waals surface area (Å²) in [5, 5.41) is 10.9. The Morgan fingerprint density at radius 3 is 2.79 bits per heavy atom. The van der Waals surface area contributed by atoms with Crippen molar-refractivity contribution in [3.8, 4) is 0 Å². The first kappa shape index (κ1) is 13.5. The Balaban J connectivity index is 1.91. The van der Waals surface area contributed by atoms with Crippen molar-refractivity contribution >= 4 is 11.9 Å². The average Bonchev–Trinajstić information content (AvgIpc) is 3.11. The van der Waals surface area contributed by atoms with Crippen molar-refractivity contribution in [3.05, 3.63) is 35.4 Å². The highest BCUT2D eigenvalue weighted by molar-refractivity contribution is 5.83. The van der Waals surface area contributed by atoms with Gasteiger partial charge in [-0.2, -0.15) is 0 Å². The van der Waals surface area contributed by atoms with Crippen LogP contribution in [0.5, 0.6) is 0 Å². The first-order chi connectivity index (χ1) is 8.99. The number of hydrogen-bond donors (Lipinski definition) is 2. The van der Waals surface area contributed by atoms with Crippen molar-refractivity contribution in [2.24, 2.45) is 5.92 Å². The summed E-state index contributed by atoms with van der Waals surface area (Å²) in [6.45, 7) is 0.0447. The maximum Gasteiger partial charge on any atom is 0.305 e. The summed E-state index contributed by atoms with van der Waals surface area (Å²) < 4.78 is 26.5. The molecule has 4 nitrogen and oxygen atoms in total. The van der Waals surface area contributed by atoms with Gasteiger partial charge in [-0.15, -0.1) is 0 Å². The Kier molecular flexibility index (Phi) is 3.78. The van der Waals surface area contributed by atoms with E-state index in [2.05, 4.69) is 5.32 Å². The highest BCUT2D eigenvalue weighted by Crippen LogP contribution is 2.48. The molecule has 2 N–H and O–H groups in total. The van der Waals surface area contributed by atoms with Gasteiger partial charge >= 0.3 is 5.97 Å². The Bertz CT molecular complexity index is 519. The summed E-state index contributed by atoms with van der Waals surface area (Å²) in [6, 6.07) is 3.18. The summed E-state index contributed by atoms with van der Waals surface area (Å²) in [5.74, 6) is -3.08. The number of amides is 1. The molecule has 0 bridgehead atoms. The van der Waals surface area contributed by atoms with Crippen molar-refractivity contribution in [3.63, 3.8) is 0 Å². The zero-order valence-electron chi connectivity index (χ0n) is 10.0. The molecule has 0 aliphatic heterocycles. The molecule has 1 aromatic carbocycles. The second kappa shape index (κ2) is 5.34. The van der Waals surface area contributed by atoms with Crippen molar-refractivity contribution in [1.29, 1.82) is 0 Å². The van der Waals surface area contributed by atoms with E-state index in [1.54, 1.807) is 0 Å². The Morgan fingerprint density at radius 1 is 1.37 bits per heavy atom. The molecule has 102 valence electrons. The molecule has 0 spiro atoms. The van der Waals surface area contributed by atoms with Crippen LogP contribution in [0.2, 0.25) is 0 Å². The Hall–Kier alpha value is -1.98. The van der Waals surface area contributed by atoms with E-state index in [9.17, 15) is 18.4 Å². The summed E-state index contributed by atoms with van der Waals surface area (Å²) in [7, 11) is 0. The van der Waals surface area contributed by atoms with E-state index in [1.807, 2.05) is 0 Å². The van der Waals surface area contributed by atoms with Crippen molar-refractivity contribution < 1.29 is 23.5 Å². The minimum atomic E-state index is -0.996. The maximum absolute atomic E-state index is 13.5. The molecule has 2 unspecified atom stereocenters. The number of carboxylic acids is 1. The molecule has 0 heterocycles. The molecular weight excluding hydrogens is 256 g/mol. The fraction of sp³-hybridized carbons (Fsp3) is 0.385. The SMILES string of the molecule is O=C(O)CCNC(=O)C1CC1c1cc(F)ccc1F. The number of carbonyl (C=O) groups is 2. The largest absolute Gasteiger partial charge is 0.481 e. The molecule has 0 radical (unpaired) electrons. The van der Waals surface area contributed by atoms with Crippen LogP contribution in [-0.2, 0) is 9.59 Å². The van der Waals surface area contributed by atoms with Gasteiger partial charge in [-0.25, -0.2) is 8.78 Å². The Labute approximate surface area is 108 Å². The minimum absolute atomic E-state index is 0.0447. The molecule has 6 heteroatoms. The lowest BCUT2D eigenvalue weighted by Gasteiger charge is -2.04. The highest BCUT2D eigenvalue weighted by Gasteiger charge is 2.45. The summed E-state index contributed by atoms with van der Waals surface area (Å²) in [4.78, 5) is 21.9. The first-order valence-electron chi connectivity index (χ1n) is 5.93.